The highest BCUT2D eigenvalue weighted by atomic mass is 16.5. The number of carbonyl (C=O) groups excluding carboxylic acids is 1. The van der Waals surface area contributed by atoms with E-state index in [1.807, 2.05) is 53.6 Å². The second kappa shape index (κ2) is 15.1. The minimum Gasteiger partial charge on any atom is -0.484 e. The molecule has 8 rings (SSSR count). The first kappa shape index (κ1) is 36.0. The minimum atomic E-state index is -0.282. The lowest BCUT2D eigenvalue weighted by Gasteiger charge is -2.33. The SMILES string of the molecule is C[C@H]1CCCCN1c1nnc2ccc(O[C@@H]3CC[C@H](NC(=O)Nc4cc(C(C)(C)C)nn4-c4cnn(CCN5CCN(C)CC5)c4)c4ccccc43)cn12. The molecule has 2 N–H and O–H groups in total. The Kier molecular flexibility index (Phi) is 10.1. The Bertz CT molecular complexity index is 2070. The molecule has 0 bridgehead atoms. The lowest BCUT2D eigenvalue weighted by molar-refractivity contribution is 0.149. The van der Waals surface area contributed by atoms with E-state index >= 15 is 0 Å². The highest BCUT2D eigenvalue weighted by Crippen LogP contribution is 2.39. The number of benzene rings is 1. The number of urea groups is 1. The van der Waals surface area contributed by atoms with Crippen LogP contribution in [0.2, 0.25) is 0 Å². The van der Waals surface area contributed by atoms with Gasteiger partial charge in [0.15, 0.2) is 5.65 Å². The zero-order chi connectivity index (χ0) is 37.4. The molecule has 14 heteroatoms. The van der Waals surface area contributed by atoms with Gasteiger partial charge in [-0.15, -0.1) is 10.2 Å². The number of aromatic nitrogens is 7. The van der Waals surface area contributed by atoms with Crippen molar-refractivity contribution in [2.45, 2.75) is 89.9 Å². The number of nitrogens with one attached hydrogen (secondary N) is 2. The normalized spacial score (nSPS) is 21.3. The first-order chi connectivity index (χ1) is 26.1. The summed E-state index contributed by atoms with van der Waals surface area (Å²) in [6, 6.07) is 14.1. The molecule has 2 aliphatic heterocycles. The molecule has 14 nitrogen and oxygen atoms in total. The second-order valence-electron chi connectivity index (χ2n) is 16.3. The van der Waals surface area contributed by atoms with Crippen molar-refractivity contribution in [3.8, 4) is 11.4 Å². The maximum absolute atomic E-state index is 13.8. The van der Waals surface area contributed by atoms with Gasteiger partial charge in [0, 0.05) is 56.8 Å². The Balaban J connectivity index is 0.956. The van der Waals surface area contributed by atoms with Gasteiger partial charge < -0.3 is 19.9 Å². The predicted molar refractivity (Wildman–Crippen MR) is 210 cm³/mol. The van der Waals surface area contributed by atoms with E-state index in [0.717, 1.165) is 111 Å². The molecular formula is C40H54N12O2. The summed E-state index contributed by atoms with van der Waals surface area (Å²) in [7, 11) is 2.17. The summed E-state index contributed by atoms with van der Waals surface area (Å²) in [4.78, 5) is 20.9. The number of amides is 2. The van der Waals surface area contributed by atoms with Crippen LogP contribution >= 0.6 is 0 Å². The van der Waals surface area contributed by atoms with Gasteiger partial charge in [-0.05, 0) is 69.3 Å². The minimum absolute atomic E-state index is 0.155. The molecule has 0 saturated carbocycles. The molecule has 0 unspecified atom stereocenters. The highest BCUT2D eigenvalue weighted by molar-refractivity contribution is 5.89. The Morgan fingerprint density at radius 1 is 0.926 bits per heavy atom. The summed E-state index contributed by atoms with van der Waals surface area (Å²) in [5, 5.41) is 25.0. The number of nitrogens with zero attached hydrogens (tertiary/aromatic N) is 10. The van der Waals surface area contributed by atoms with E-state index in [1.54, 1.807) is 4.68 Å². The smallest absolute Gasteiger partial charge is 0.320 e. The van der Waals surface area contributed by atoms with Crippen LogP contribution in [0.5, 0.6) is 5.75 Å². The van der Waals surface area contributed by atoms with Gasteiger partial charge in [-0.2, -0.15) is 10.2 Å². The number of pyridine rings is 1. The molecule has 3 atom stereocenters. The number of rotatable bonds is 9. The van der Waals surface area contributed by atoms with Crippen LogP contribution in [0.4, 0.5) is 16.6 Å². The number of hydrogen-bond acceptors (Lipinski definition) is 9. The topological polar surface area (TPSA) is 126 Å². The van der Waals surface area contributed by atoms with Crippen molar-refractivity contribution in [3.63, 3.8) is 0 Å². The van der Waals surface area contributed by atoms with Crippen LogP contribution in [0.3, 0.4) is 0 Å². The predicted octanol–water partition coefficient (Wildman–Crippen LogP) is 5.81. The van der Waals surface area contributed by atoms with Gasteiger partial charge in [0.1, 0.15) is 23.4 Å². The first-order valence-electron chi connectivity index (χ1n) is 19.6. The Labute approximate surface area is 317 Å². The Morgan fingerprint density at radius 2 is 1.74 bits per heavy atom. The van der Waals surface area contributed by atoms with Crippen LogP contribution in [-0.2, 0) is 12.0 Å². The lowest BCUT2D eigenvalue weighted by Crippen LogP contribution is -2.45. The van der Waals surface area contributed by atoms with Crippen LogP contribution in [-0.4, -0.2) is 102 Å². The Hall–Kier alpha value is -4.95. The van der Waals surface area contributed by atoms with Gasteiger partial charge in [-0.25, -0.2) is 9.48 Å². The van der Waals surface area contributed by atoms with Crippen LogP contribution in [0, 0.1) is 0 Å². The van der Waals surface area contributed by atoms with E-state index in [9.17, 15) is 4.79 Å². The standard InChI is InChI=1S/C40H54N12O2/c1-28-10-8-9-17-50(28)39-45-44-36-16-13-30(27-51(36)39)54-34-15-14-33(31-11-6-7-12-32(31)34)42-38(53)43-37-24-35(40(2,3)4)46-52(37)29-25-41-49(26-29)23-22-48-20-18-47(5)19-21-48/h6-7,11-13,16,24-28,33-34H,8-10,14-15,17-23H2,1-5H3,(H2,42,43,53)/t28-,33-,34+/m0/s1. The number of hydrogen-bond donors (Lipinski definition) is 2. The van der Waals surface area contributed by atoms with Crippen LogP contribution in [0.25, 0.3) is 11.3 Å². The maximum Gasteiger partial charge on any atom is 0.320 e. The average Bonchev–Trinajstić information content (AvgIpc) is 3.91. The number of piperidine rings is 1. The average molecular weight is 735 g/mol. The van der Waals surface area contributed by atoms with Crippen LogP contribution in [0.15, 0.2) is 61.1 Å². The van der Waals surface area contributed by atoms with Crippen molar-refractivity contribution in [3.05, 3.63) is 77.9 Å². The molecule has 286 valence electrons. The van der Waals surface area contributed by atoms with Gasteiger partial charge in [-0.1, -0.05) is 45.0 Å². The molecule has 1 aliphatic carbocycles. The van der Waals surface area contributed by atoms with E-state index in [2.05, 4.69) is 91.9 Å². The van der Waals surface area contributed by atoms with Gasteiger partial charge in [0.05, 0.1) is 36.9 Å². The molecule has 0 radical (unpaired) electrons. The molecule has 6 heterocycles. The quantitative estimate of drug-likeness (QED) is 0.193. The number of likely N-dealkylation sites (N-methyl/N-ethyl adjacent to an activating group) is 1. The zero-order valence-electron chi connectivity index (χ0n) is 32.3. The largest absolute Gasteiger partial charge is 0.484 e. The molecule has 2 fully saturated rings. The Morgan fingerprint density at radius 3 is 2.54 bits per heavy atom. The molecule has 5 aromatic rings. The van der Waals surface area contributed by atoms with Crippen molar-refractivity contribution in [2.75, 3.05) is 56.5 Å². The van der Waals surface area contributed by atoms with E-state index in [4.69, 9.17) is 9.84 Å². The molecule has 3 aliphatic rings. The summed E-state index contributed by atoms with van der Waals surface area (Å²) in [5.41, 5.74) is 4.42. The summed E-state index contributed by atoms with van der Waals surface area (Å²) in [5.74, 6) is 2.24. The van der Waals surface area contributed by atoms with E-state index in [0.29, 0.717) is 11.9 Å². The second-order valence-corrected chi connectivity index (χ2v) is 16.3. The number of fused-ring (bicyclic) bond motifs is 2. The molecule has 2 saturated heterocycles. The zero-order valence-corrected chi connectivity index (χ0v) is 32.3. The van der Waals surface area contributed by atoms with Gasteiger partial charge >= 0.3 is 6.03 Å². The molecular weight excluding hydrogens is 681 g/mol. The molecule has 2 amide bonds. The van der Waals surface area contributed by atoms with Crippen LogP contribution < -0.4 is 20.3 Å². The van der Waals surface area contributed by atoms with Crippen molar-refractivity contribution in [1.82, 2.24) is 49.3 Å². The first-order valence-corrected chi connectivity index (χ1v) is 19.6. The monoisotopic (exact) mass is 734 g/mol. The third-order valence-electron chi connectivity index (χ3n) is 11.3. The highest BCUT2D eigenvalue weighted by Gasteiger charge is 2.31. The third-order valence-corrected chi connectivity index (χ3v) is 11.3. The van der Waals surface area contributed by atoms with Gasteiger partial charge in [0.2, 0.25) is 5.95 Å². The fourth-order valence-corrected chi connectivity index (χ4v) is 7.95. The van der Waals surface area contributed by atoms with Crippen molar-refractivity contribution >= 4 is 23.4 Å². The molecule has 54 heavy (non-hydrogen) atoms. The van der Waals surface area contributed by atoms with Gasteiger partial charge in [-0.3, -0.25) is 19.3 Å². The molecule has 0 spiro atoms. The lowest BCUT2D eigenvalue weighted by atomic mass is 9.85. The number of ether oxygens (including phenoxy) is 1. The summed E-state index contributed by atoms with van der Waals surface area (Å²) < 4.78 is 12.5. The van der Waals surface area contributed by atoms with Crippen molar-refractivity contribution < 1.29 is 9.53 Å². The fraction of sp³-hybridized carbons (Fsp3) is 0.525. The summed E-state index contributed by atoms with van der Waals surface area (Å²) in [6.07, 6.45) is 10.7. The summed E-state index contributed by atoms with van der Waals surface area (Å²) >= 11 is 0. The van der Waals surface area contributed by atoms with E-state index in [1.165, 1.54) is 6.42 Å². The van der Waals surface area contributed by atoms with E-state index in [-0.39, 0.29) is 23.6 Å². The van der Waals surface area contributed by atoms with Crippen molar-refractivity contribution in [1.29, 1.82) is 0 Å². The van der Waals surface area contributed by atoms with Crippen LogP contribution in [0.1, 0.15) is 88.8 Å². The maximum atomic E-state index is 13.8. The number of piperazine rings is 1. The van der Waals surface area contributed by atoms with E-state index < -0.39 is 0 Å². The number of carbonyl (C=O) groups is 1. The summed E-state index contributed by atoms with van der Waals surface area (Å²) in [6.45, 7) is 15.7. The molecule has 4 aromatic heterocycles. The van der Waals surface area contributed by atoms with Gasteiger partial charge in [0.25, 0.3) is 0 Å². The van der Waals surface area contributed by atoms with Crippen molar-refractivity contribution in [2.24, 2.45) is 0 Å². The third kappa shape index (κ3) is 7.67. The molecule has 1 aromatic carbocycles. The number of anilines is 2. The fourth-order valence-electron chi connectivity index (χ4n) is 7.95.